The lowest BCUT2D eigenvalue weighted by Gasteiger charge is -2.24. The van der Waals surface area contributed by atoms with Crippen molar-refractivity contribution in [1.29, 1.82) is 0 Å². The van der Waals surface area contributed by atoms with Crippen molar-refractivity contribution in [1.82, 2.24) is 0 Å². The fourth-order valence-electron chi connectivity index (χ4n) is 0.327. The largest absolute Gasteiger partial charge is 0.384 e. The number of rotatable bonds is 2. The Kier molecular flexibility index (Phi) is 2.57. The summed E-state index contributed by atoms with van der Waals surface area (Å²) in [4.78, 5) is 0. The molecular formula is C5H7ClF4. The van der Waals surface area contributed by atoms with Crippen molar-refractivity contribution in [2.24, 2.45) is 5.92 Å². The smallest absolute Gasteiger partial charge is 0.198 e. The van der Waals surface area contributed by atoms with Crippen LogP contribution in [-0.2, 0) is 0 Å². The van der Waals surface area contributed by atoms with E-state index in [-0.39, 0.29) is 0 Å². The first kappa shape index (κ1) is 10.0. The molecule has 0 atom stereocenters. The van der Waals surface area contributed by atoms with Gasteiger partial charge in [0.15, 0.2) is 0 Å². The molecule has 0 nitrogen and oxygen atoms in total. The highest BCUT2D eigenvalue weighted by atomic mass is 35.5. The van der Waals surface area contributed by atoms with Crippen LogP contribution in [0.25, 0.3) is 0 Å². The second-order valence-electron chi connectivity index (χ2n) is 2.28. The van der Waals surface area contributed by atoms with Crippen LogP contribution in [0, 0.1) is 5.92 Å². The first-order valence-electron chi connectivity index (χ1n) is 2.64. The maximum atomic E-state index is 12.2. The Balaban J connectivity index is 4.40. The van der Waals surface area contributed by atoms with E-state index in [1.54, 1.807) is 0 Å². The summed E-state index contributed by atoms with van der Waals surface area (Å²) in [6.07, 6.45) is 0. The molecular weight excluding hydrogens is 172 g/mol. The fourth-order valence-corrected chi connectivity index (χ4v) is 0.546. The van der Waals surface area contributed by atoms with Crippen molar-refractivity contribution >= 4 is 11.6 Å². The van der Waals surface area contributed by atoms with Crippen LogP contribution in [0.3, 0.4) is 0 Å². The Morgan fingerprint density at radius 2 is 1.40 bits per heavy atom. The SMILES string of the molecule is CC(C)C(F)(F)C(F)(F)Cl. The molecule has 0 radical (unpaired) electrons. The highest BCUT2D eigenvalue weighted by molar-refractivity contribution is 6.22. The molecule has 0 bridgehead atoms. The molecule has 0 spiro atoms. The minimum absolute atomic E-state index is 0.982. The molecule has 0 aromatic rings. The number of hydrogen-bond acceptors (Lipinski definition) is 0. The van der Waals surface area contributed by atoms with Crippen LogP contribution in [0.2, 0.25) is 0 Å². The van der Waals surface area contributed by atoms with Crippen molar-refractivity contribution in [3.63, 3.8) is 0 Å². The standard InChI is InChI=1S/C5H7ClF4/c1-3(2)4(7,8)5(6,9)10/h3H,1-2H3. The third-order valence-electron chi connectivity index (χ3n) is 1.10. The van der Waals surface area contributed by atoms with Crippen molar-refractivity contribution < 1.29 is 17.6 Å². The third kappa shape index (κ3) is 1.75. The van der Waals surface area contributed by atoms with Gasteiger partial charge in [0.1, 0.15) is 0 Å². The Hall–Kier alpha value is 0.01000. The molecule has 0 aromatic heterocycles. The van der Waals surface area contributed by atoms with Gasteiger partial charge in [-0.15, -0.1) is 0 Å². The second-order valence-corrected chi connectivity index (χ2v) is 2.75. The van der Waals surface area contributed by atoms with E-state index in [0.717, 1.165) is 13.8 Å². The van der Waals surface area contributed by atoms with Gasteiger partial charge in [0.05, 0.1) is 0 Å². The zero-order valence-corrected chi connectivity index (χ0v) is 6.22. The van der Waals surface area contributed by atoms with Crippen LogP contribution >= 0.6 is 11.6 Å². The Bertz CT molecular complexity index is 115. The number of hydrogen-bond donors (Lipinski definition) is 0. The molecule has 0 aliphatic carbocycles. The molecule has 0 aliphatic rings. The first-order chi connectivity index (χ1) is 4.19. The zero-order chi connectivity index (χ0) is 8.58. The van der Waals surface area contributed by atoms with Gasteiger partial charge >= 0.3 is 11.3 Å². The van der Waals surface area contributed by atoms with Gasteiger partial charge in [-0.1, -0.05) is 13.8 Å². The van der Waals surface area contributed by atoms with Gasteiger partial charge in [-0.2, -0.15) is 17.6 Å². The van der Waals surface area contributed by atoms with E-state index in [1.165, 1.54) is 0 Å². The molecule has 0 N–H and O–H groups in total. The lowest BCUT2D eigenvalue weighted by molar-refractivity contribution is -0.183. The molecule has 10 heavy (non-hydrogen) atoms. The van der Waals surface area contributed by atoms with Gasteiger partial charge in [-0.25, -0.2) is 0 Å². The summed E-state index contributed by atoms with van der Waals surface area (Å²) in [5.74, 6) is -5.59. The molecule has 0 fully saturated rings. The van der Waals surface area contributed by atoms with Crippen LogP contribution in [-0.4, -0.2) is 11.3 Å². The predicted molar refractivity (Wildman–Crippen MR) is 30.6 cm³/mol. The molecule has 0 aliphatic heterocycles. The lowest BCUT2D eigenvalue weighted by atomic mass is 10.1. The van der Waals surface area contributed by atoms with E-state index in [9.17, 15) is 17.6 Å². The van der Waals surface area contributed by atoms with E-state index >= 15 is 0 Å². The molecule has 0 unspecified atom stereocenters. The first-order valence-corrected chi connectivity index (χ1v) is 3.02. The summed E-state index contributed by atoms with van der Waals surface area (Å²) >= 11 is 4.14. The fraction of sp³-hybridized carbons (Fsp3) is 1.00. The molecule has 5 heteroatoms. The molecule has 0 heterocycles. The van der Waals surface area contributed by atoms with Crippen LogP contribution in [0.4, 0.5) is 17.6 Å². The van der Waals surface area contributed by atoms with Crippen LogP contribution < -0.4 is 0 Å². The molecule has 0 saturated heterocycles. The van der Waals surface area contributed by atoms with Crippen molar-refractivity contribution in [3.8, 4) is 0 Å². The van der Waals surface area contributed by atoms with Gasteiger partial charge in [0, 0.05) is 5.92 Å². The molecule has 0 amide bonds. The molecule has 0 aromatic carbocycles. The zero-order valence-electron chi connectivity index (χ0n) is 5.47. The van der Waals surface area contributed by atoms with Crippen molar-refractivity contribution in [2.75, 3.05) is 0 Å². The van der Waals surface area contributed by atoms with E-state index in [4.69, 9.17) is 0 Å². The lowest BCUT2D eigenvalue weighted by Crippen LogP contribution is -2.40. The summed E-state index contributed by atoms with van der Waals surface area (Å²) in [6, 6.07) is 0. The maximum Gasteiger partial charge on any atom is 0.384 e. The Morgan fingerprint density at radius 3 is 1.40 bits per heavy atom. The average molecular weight is 179 g/mol. The van der Waals surface area contributed by atoms with Gasteiger partial charge < -0.3 is 0 Å². The minimum atomic E-state index is -4.44. The normalized spacial score (nSPS) is 14.4. The number of halogens is 5. The Labute approximate surface area is 61.2 Å². The summed E-state index contributed by atoms with van der Waals surface area (Å²) in [5.41, 5.74) is 0. The van der Waals surface area contributed by atoms with Crippen LogP contribution in [0.5, 0.6) is 0 Å². The third-order valence-corrected chi connectivity index (χ3v) is 1.36. The van der Waals surface area contributed by atoms with E-state index in [1.807, 2.05) is 0 Å². The highest BCUT2D eigenvalue weighted by Gasteiger charge is 2.56. The molecule has 0 rings (SSSR count). The van der Waals surface area contributed by atoms with Crippen LogP contribution in [0.15, 0.2) is 0 Å². The van der Waals surface area contributed by atoms with E-state index in [0.29, 0.717) is 0 Å². The summed E-state index contributed by atoms with van der Waals surface area (Å²) in [7, 11) is 0. The topological polar surface area (TPSA) is 0 Å². The monoisotopic (exact) mass is 178 g/mol. The van der Waals surface area contributed by atoms with E-state index < -0.39 is 17.2 Å². The Morgan fingerprint density at radius 1 is 1.10 bits per heavy atom. The molecule has 0 saturated carbocycles. The quantitative estimate of drug-likeness (QED) is 0.450. The summed E-state index contributed by atoms with van der Waals surface area (Å²) in [6.45, 7) is 1.96. The minimum Gasteiger partial charge on any atom is -0.198 e. The van der Waals surface area contributed by atoms with Gasteiger partial charge in [-0.05, 0) is 11.6 Å². The average Bonchev–Trinajstić information content (AvgIpc) is 1.62. The maximum absolute atomic E-state index is 12.2. The van der Waals surface area contributed by atoms with Gasteiger partial charge in [0.25, 0.3) is 0 Å². The number of alkyl halides is 5. The summed E-state index contributed by atoms with van der Waals surface area (Å²) < 4.78 is 47.9. The predicted octanol–water partition coefficient (Wildman–Crippen LogP) is 3.11. The van der Waals surface area contributed by atoms with Crippen LogP contribution in [0.1, 0.15) is 13.8 Å². The summed E-state index contributed by atoms with van der Waals surface area (Å²) in [5, 5.41) is -4.44. The second kappa shape index (κ2) is 2.57. The van der Waals surface area contributed by atoms with Gasteiger partial charge in [0.2, 0.25) is 0 Å². The van der Waals surface area contributed by atoms with Gasteiger partial charge in [-0.3, -0.25) is 0 Å². The molecule has 62 valence electrons. The van der Waals surface area contributed by atoms with Crippen molar-refractivity contribution in [2.45, 2.75) is 25.2 Å². The van der Waals surface area contributed by atoms with E-state index in [2.05, 4.69) is 11.6 Å². The van der Waals surface area contributed by atoms with Crippen molar-refractivity contribution in [3.05, 3.63) is 0 Å². The highest BCUT2D eigenvalue weighted by Crippen LogP contribution is 2.42.